The van der Waals surface area contributed by atoms with Crippen molar-refractivity contribution in [3.8, 4) is 11.5 Å². The van der Waals surface area contributed by atoms with E-state index in [4.69, 9.17) is 4.42 Å². The van der Waals surface area contributed by atoms with Crippen LogP contribution in [0.15, 0.2) is 34.7 Å². The molecule has 0 spiro atoms. The van der Waals surface area contributed by atoms with Gasteiger partial charge in [-0.1, -0.05) is 11.2 Å². The molecule has 7 nitrogen and oxygen atoms in total. The normalized spacial score (nSPS) is 11.0. The summed E-state index contributed by atoms with van der Waals surface area (Å²) >= 11 is 0. The maximum absolute atomic E-state index is 13.2. The Morgan fingerprint density at radius 3 is 2.75 bits per heavy atom. The molecular weight excluding hydrogens is 313 g/mol. The van der Waals surface area contributed by atoms with Gasteiger partial charge in [-0.15, -0.1) is 5.10 Å². The summed E-state index contributed by atoms with van der Waals surface area (Å²) in [4.78, 5) is 12.2. The van der Waals surface area contributed by atoms with E-state index in [1.54, 1.807) is 16.8 Å². The van der Waals surface area contributed by atoms with Crippen molar-refractivity contribution < 1.29 is 13.6 Å². The molecule has 3 rings (SSSR count). The van der Waals surface area contributed by atoms with Gasteiger partial charge in [0.1, 0.15) is 5.82 Å². The van der Waals surface area contributed by atoms with E-state index in [0.717, 1.165) is 5.69 Å². The van der Waals surface area contributed by atoms with Crippen molar-refractivity contribution in [3.63, 3.8) is 0 Å². The SMILES string of the molecule is Cc1cc(C(=O)Nc2nnc(-c3cccc(F)c3)o2)nn1C(C)C. The van der Waals surface area contributed by atoms with Gasteiger partial charge in [-0.3, -0.25) is 14.8 Å². The smallest absolute Gasteiger partial charge is 0.322 e. The fraction of sp³-hybridized carbons (Fsp3) is 0.250. The van der Waals surface area contributed by atoms with Crippen LogP contribution < -0.4 is 5.32 Å². The second-order valence-electron chi connectivity index (χ2n) is 5.59. The summed E-state index contributed by atoms with van der Waals surface area (Å²) in [6.07, 6.45) is 0. The van der Waals surface area contributed by atoms with Crippen LogP contribution in [0.25, 0.3) is 11.5 Å². The molecule has 0 aliphatic heterocycles. The summed E-state index contributed by atoms with van der Waals surface area (Å²) in [7, 11) is 0. The minimum absolute atomic E-state index is 0.0731. The van der Waals surface area contributed by atoms with Crippen LogP contribution in [0.2, 0.25) is 0 Å². The largest absolute Gasteiger partial charge is 0.403 e. The van der Waals surface area contributed by atoms with Gasteiger partial charge in [0, 0.05) is 17.3 Å². The molecule has 124 valence electrons. The van der Waals surface area contributed by atoms with Crippen LogP contribution in [0.3, 0.4) is 0 Å². The van der Waals surface area contributed by atoms with Crippen molar-refractivity contribution in [2.75, 3.05) is 5.32 Å². The first-order valence-electron chi connectivity index (χ1n) is 7.41. The zero-order valence-electron chi connectivity index (χ0n) is 13.4. The standard InChI is InChI=1S/C16H16FN5O2/c1-9(2)22-10(3)7-13(21-22)14(23)18-16-20-19-15(24-16)11-5-4-6-12(17)8-11/h4-9H,1-3H3,(H,18,20,23). The van der Waals surface area contributed by atoms with Crippen molar-refractivity contribution in [2.24, 2.45) is 0 Å². The molecule has 0 radical (unpaired) electrons. The zero-order chi connectivity index (χ0) is 17.3. The molecule has 0 bridgehead atoms. The van der Waals surface area contributed by atoms with Crippen molar-refractivity contribution in [1.82, 2.24) is 20.0 Å². The fourth-order valence-corrected chi connectivity index (χ4v) is 2.29. The topological polar surface area (TPSA) is 85.8 Å². The van der Waals surface area contributed by atoms with Crippen molar-refractivity contribution in [2.45, 2.75) is 26.8 Å². The lowest BCUT2D eigenvalue weighted by molar-refractivity contribution is 0.101. The Hall–Kier alpha value is -3.03. The highest BCUT2D eigenvalue weighted by Crippen LogP contribution is 2.21. The second-order valence-corrected chi connectivity index (χ2v) is 5.59. The van der Waals surface area contributed by atoms with Crippen LogP contribution in [-0.2, 0) is 0 Å². The third-order valence-corrected chi connectivity index (χ3v) is 3.36. The molecule has 8 heteroatoms. The number of anilines is 1. The number of hydrogen-bond donors (Lipinski definition) is 1. The number of nitrogens with zero attached hydrogens (tertiary/aromatic N) is 4. The van der Waals surface area contributed by atoms with E-state index >= 15 is 0 Å². The molecule has 2 heterocycles. The Morgan fingerprint density at radius 2 is 2.08 bits per heavy atom. The highest BCUT2D eigenvalue weighted by atomic mass is 19.1. The lowest BCUT2D eigenvalue weighted by Crippen LogP contribution is -2.14. The van der Waals surface area contributed by atoms with Crippen LogP contribution in [-0.4, -0.2) is 25.9 Å². The molecule has 0 saturated carbocycles. The monoisotopic (exact) mass is 329 g/mol. The fourth-order valence-electron chi connectivity index (χ4n) is 2.29. The Kier molecular flexibility index (Phi) is 4.11. The molecule has 2 aromatic heterocycles. The molecule has 0 atom stereocenters. The maximum Gasteiger partial charge on any atom is 0.322 e. The minimum Gasteiger partial charge on any atom is -0.403 e. The van der Waals surface area contributed by atoms with Crippen LogP contribution in [0.4, 0.5) is 10.4 Å². The van der Waals surface area contributed by atoms with Gasteiger partial charge >= 0.3 is 6.01 Å². The Bertz CT molecular complexity index is 884. The molecule has 1 amide bonds. The van der Waals surface area contributed by atoms with Gasteiger partial charge in [0.25, 0.3) is 5.91 Å². The number of hydrogen-bond acceptors (Lipinski definition) is 5. The zero-order valence-corrected chi connectivity index (χ0v) is 13.4. The van der Waals surface area contributed by atoms with Crippen LogP contribution in [0.1, 0.15) is 36.1 Å². The molecule has 24 heavy (non-hydrogen) atoms. The van der Waals surface area contributed by atoms with Crippen molar-refractivity contribution in [1.29, 1.82) is 0 Å². The van der Waals surface area contributed by atoms with E-state index in [-0.39, 0.29) is 23.6 Å². The molecule has 0 saturated heterocycles. The number of rotatable bonds is 4. The van der Waals surface area contributed by atoms with Crippen LogP contribution in [0.5, 0.6) is 0 Å². The van der Waals surface area contributed by atoms with E-state index in [1.165, 1.54) is 18.2 Å². The number of aromatic nitrogens is 4. The van der Waals surface area contributed by atoms with Gasteiger partial charge in [-0.25, -0.2) is 4.39 Å². The van der Waals surface area contributed by atoms with Gasteiger partial charge < -0.3 is 4.42 Å². The predicted octanol–water partition coefficient (Wildman–Crippen LogP) is 3.21. The van der Waals surface area contributed by atoms with Crippen LogP contribution in [0, 0.1) is 12.7 Å². The van der Waals surface area contributed by atoms with E-state index < -0.39 is 11.7 Å². The molecule has 1 aromatic carbocycles. The summed E-state index contributed by atoms with van der Waals surface area (Å²) in [5.41, 5.74) is 1.57. The molecular formula is C16H16FN5O2. The number of nitrogens with one attached hydrogen (secondary N) is 1. The van der Waals surface area contributed by atoms with Crippen LogP contribution >= 0.6 is 0 Å². The number of amides is 1. The molecule has 3 aromatic rings. The third kappa shape index (κ3) is 3.17. The Morgan fingerprint density at radius 1 is 1.29 bits per heavy atom. The summed E-state index contributed by atoms with van der Waals surface area (Å²) in [6, 6.07) is 7.51. The first-order valence-corrected chi connectivity index (χ1v) is 7.41. The summed E-state index contributed by atoms with van der Waals surface area (Å²) in [5, 5.41) is 14.3. The third-order valence-electron chi connectivity index (χ3n) is 3.36. The van der Waals surface area contributed by atoms with Crippen molar-refractivity contribution in [3.05, 3.63) is 47.5 Å². The second kappa shape index (κ2) is 6.23. The molecule has 0 aliphatic rings. The summed E-state index contributed by atoms with van der Waals surface area (Å²) in [6.45, 7) is 5.83. The van der Waals surface area contributed by atoms with E-state index in [1.807, 2.05) is 20.8 Å². The number of carbonyl (C=O) groups excluding carboxylic acids is 1. The summed E-state index contributed by atoms with van der Waals surface area (Å²) < 4.78 is 20.3. The number of carbonyl (C=O) groups is 1. The number of benzene rings is 1. The lowest BCUT2D eigenvalue weighted by Gasteiger charge is -2.06. The van der Waals surface area contributed by atoms with Crippen molar-refractivity contribution >= 4 is 11.9 Å². The Labute approximate surface area is 137 Å². The molecule has 0 unspecified atom stereocenters. The predicted molar refractivity (Wildman–Crippen MR) is 85.0 cm³/mol. The molecule has 0 fully saturated rings. The molecule has 0 aliphatic carbocycles. The minimum atomic E-state index is -0.452. The highest BCUT2D eigenvalue weighted by Gasteiger charge is 2.17. The Balaban J connectivity index is 1.77. The van der Waals surface area contributed by atoms with E-state index in [9.17, 15) is 9.18 Å². The van der Waals surface area contributed by atoms with Gasteiger partial charge in [-0.2, -0.15) is 5.10 Å². The quantitative estimate of drug-likeness (QED) is 0.794. The summed E-state index contributed by atoms with van der Waals surface area (Å²) in [5.74, 6) is -0.744. The van der Waals surface area contributed by atoms with Gasteiger partial charge in [-0.05, 0) is 45.0 Å². The first-order chi connectivity index (χ1) is 11.4. The molecule has 1 N–H and O–H groups in total. The maximum atomic E-state index is 13.2. The van der Waals surface area contributed by atoms with E-state index in [0.29, 0.717) is 5.56 Å². The van der Waals surface area contributed by atoms with Gasteiger partial charge in [0.05, 0.1) is 0 Å². The van der Waals surface area contributed by atoms with Gasteiger partial charge in [0.2, 0.25) is 5.89 Å². The number of aryl methyl sites for hydroxylation is 1. The van der Waals surface area contributed by atoms with E-state index in [2.05, 4.69) is 20.6 Å². The highest BCUT2D eigenvalue weighted by molar-refractivity contribution is 6.01. The first kappa shape index (κ1) is 15.9. The lowest BCUT2D eigenvalue weighted by atomic mass is 10.2. The number of halogens is 1. The average Bonchev–Trinajstić information content (AvgIpc) is 3.14. The average molecular weight is 329 g/mol. The van der Waals surface area contributed by atoms with Gasteiger partial charge in [0.15, 0.2) is 5.69 Å².